The number of carbonyl (C=O) groups is 1. The van der Waals surface area contributed by atoms with Crippen LogP contribution in [-0.4, -0.2) is 29.9 Å². The first-order chi connectivity index (χ1) is 9.02. The molecule has 0 saturated carbocycles. The van der Waals surface area contributed by atoms with Gasteiger partial charge in [-0.3, -0.25) is 9.69 Å². The van der Waals surface area contributed by atoms with Crippen LogP contribution >= 0.6 is 0 Å². The maximum atomic E-state index is 13.2. The summed E-state index contributed by atoms with van der Waals surface area (Å²) in [6, 6.07) is 6.92. The Morgan fingerprint density at radius 2 is 2.26 bits per heavy atom. The highest BCUT2D eigenvalue weighted by molar-refractivity contribution is 5.73. The maximum Gasteiger partial charge on any atom is 0.217 e. The van der Waals surface area contributed by atoms with Gasteiger partial charge in [0.25, 0.3) is 0 Å². The molecule has 104 valence electrons. The zero-order valence-electron chi connectivity index (χ0n) is 11.5. The van der Waals surface area contributed by atoms with E-state index in [1.807, 2.05) is 6.07 Å². The number of piperidine rings is 1. The summed E-state index contributed by atoms with van der Waals surface area (Å²) < 4.78 is 13.2. The smallest absolute Gasteiger partial charge is 0.217 e. The molecule has 1 aromatic carbocycles. The third-order valence-corrected chi connectivity index (χ3v) is 3.44. The molecule has 0 bridgehead atoms. The van der Waals surface area contributed by atoms with Gasteiger partial charge in [0, 0.05) is 32.6 Å². The van der Waals surface area contributed by atoms with Gasteiger partial charge in [-0.05, 0) is 30.0 Å². The van der Waals surface area contributed by atoms with E-state index in [4.69, 9.17) is 0 Å². The molecule has 2 atom stereocenters. The zero-order chi connectivity index (χ0) is 13.8. The van der Waals surface area contributed by atoms with Crippen molar-refractivity contribution in [3.63, 3.8) is 0 Å². The molecule has 2 unspecified atom stereocenters. The second-order valence-electron chi connectivity index (χ2n) is 5.56. The van der Waals surface area contributed by atoms with E-state index in [0.717, 1.165) is 31.6 Å². The molecule has 0 radical (unpaired) electrons. The van der Waals surface area contributed by atoms with E-state index >= 15 is 0 Å². The number of carbonyl (C=O) groups excluding carboxylic acids is 1. The number of likely N-dealkylation sites (tertiary alicyclic amines) is 1. The lowest BCUT2D eigenvalue weighted by Crippen LogP contribution is -2.49. The highest BCUT2D eigenvalue weighted by atomic mass is 19.1. The molecule has 1 N–H and O–H groups in total. The standard InChI is InChI=1S/C15H21FN2O/c1-11-6-15(17-12(2)19)10-18(8-11)9-13-4-3-5-14(16)7-13/h3-5,7,11,15H,6,8-10H2,1-2H3,(H,17,19). The van der Waals surface area contributed by atoms with Crippen molar-refractivity contribution in [2.24, 2.45) is 5.92 Å². The minimum atomic E-state index is -0.194. The Balaban J connectivity index is 1.97. The highest BCUT2D eigenvalue weighted by Crippen LogP contribution is 2.19. The lowest BCUT2D eigenvalue weighted by Gasteiger charge is -2.36. The Bertz CT molecular complexity index is 450. The van der Waals surface area contributed by atoms with Crippen molar-refractivity contribution in [3.05, 3.63) is 35.6 Å². The average molecular weight is 264 g/mol. The third kappa shape index (κ3) is 4.31. The van der Waals surface area contributed by atoms with Crippen LogP contribution in [0.5, 0.6) is 0 Å². The Morgan fingerprint density at radius 3 is 2.95 bits per heavy atom. The van der Waals surface area contributed by atoms with Crippen LogP contribution in [0.2, 0.25) is 0 Å². The van der Waals surface area contributed by atoms with Crippen molar-refractivity contribution in [2.45, 2.75) is 32.9 Å². The number of halogens is 1. The predicted octanol–water partition coefficient (Wildman–Crippen LogP) is 2.17. The first kappa shape index (κ1) is 14.0. The molecule has 1 aromatic rings. The van der Waals surface area contributed by atoms with E-state index in [2.05, 4.69) is 17.1 Å². The molecule has 1 heterocycles. The fourth-order valence-electron chi connectivity index (χ4n) is 2.88. The summed E-state index contributed by atoms with van der Waals surface area (Å²) in [6.07, 6.45) is 1.01. The number of nitrogens with one attached hydrogen (secondary N) is 1. The van der Waals surface area contributed by atoms with Crippen LogP contribution in [0.1, 0.15) is 25.8 Å². The third-order valence-electron chi connectivity index (χ3n) is 3.44. The molecule has 0 spiro atoms. The van der Waals surface area contributed by atoms with Crippen LogP contribution in [0.4, 0.5) is 4.39 Å². The molecule has 1 fully saturated rings. The van der Waals surface area contributed by atoms with Crippen molar-refractivity contribution < 1.29 is 9.18 Å². The molecular formula is C15H21FN2O. The summed E-state index contributed by atoms with van der Waals surface area (Å²) in [5.41, 5.74) is 0.982. The fraction of sp³-hybridized carbons (Fsp3) is 0.533. The highest BCUT2D eigenvalue weighted by Gasteiger charge is 2.25. The first-order valence-corrected chi connectivity index (χ1v) is 6.77. The summed E-state index contributed by atoms with van der Waals surface area (Å²) in [5.74, 6) is 0.366. The zero-order valence-corrected chi connectivity index (χ0v) is 11.5. The summed E-state index contributed by atoms with van der Waals surface area (Å²) in [4.78, 5) is 13.4. The molecule has 4 heteroatoms. The summed E-state index contributed by atoms with van der Waals surface area (Å²) in [7, 11) is 0. The van der Waals surface area contributed by atoms with E-state index in [9.17, 15) is 9.18 Å². The first-order valence-electron chi connectivity index (χ1n) is 6.77. The summed E-state index contributed by atoms with van der Waals surface area (Å²) in [6.45, 7) is 6.30. The van der Waals surface area contributed by atoms with Crippen LogP contribution in [0, 0.1) is 11.7 Å². The molecule has 2 rings (SSSR count). The van der Waals surface area contributed by atoms with Gasteiger partial charge in [-0.1, -0.05) is 19.1 Å². The van der Waals surface area contributed by atoms with Gasteiger partial charge in [0.05, 0.1) is 0 Å². The van der Waals surface area contributed by atoms with Gasteiger partial charge in [-0.25, -0.2) is 4.39 Å². The van der Waals surface area contributed by atoms with Crippen LogP contribution in [0.15, 0.2) is 24.3 Å². The summed E-state index contributed by atoms with van der Waals surface area (Å²) >= 11 is 0. The average Bonchev–Trinajstić information content (AvgIpc) is 2.26. The SMILES string of the molecule is CC(=O)NC1CC(C)CN(Cc2cccc(F)c2)C1. The Hall–Kier alpha value is -1.42. The number of hydrogen-bond acceptors (Lipinski definition) is 2. The van der Waals surface area contributed by atoms with Crippen molar-refractivity contribution in [2.75, 3.05) is 13.1 Å². The van der Waals surface area contributed by atoms with Crippen LogP contribution in [0.25, 0.3) is 0 Å². The molecule has 0 aromatic heterocycles. The molecule has 0 aliphatic carbocycles. The van der Waals surface area contributed by atoms with Crippen molar-refractivity contribution in [1.29, 1.82) is 0 Å². The number of benzene rings is 1. The number of hydrogen-bond donors (Lipinski definition) is 1. The molecule has 1 aliphatic rings. The minimum Gasteiger partial charge on any atom is -0.352 e. The van der Waals surface area contributed by atoms with Crippen LogP contribution < -0.4 is 5.32 Å². The molecule has 1 saturated heterocycles. The lowest BCUT2D eigenvalue weighted by atomic mass is 9.95. The van der Waals surface area contributed by atoms with Gasteiger partial charge >= 0.3 is 0 Å². The quantitative estimate of drug-likeness (QED) is 0.907. The molecule has 19 heavy (non-hydrogen) atoms. The monoisotopic (exact) mass is 264 g/mol. The largest absolute Gasteiger partial charge is 0.352 e. The Labute approximate surface area is 113 Å². The van der Waals surface area contributed by atoms with E-state index in [1.165, 1.54) is 6.07 Å². The molecular weight excluding hydrogens is 243 g/mol. The van der Waals surface area contributed by atoms with Crippen LogP contribution in [-0.2, 0) is 11.3 Å². The maximum absolute atomic E-state index is 13.2. The van der Waals surface area contributed by atoms with Crippen molar-refractivity contribution >= 4 is 5.91 Å². The number of nitrogens with zero attached hydrogens (tertiary/aromatic N) is 1. The topological polar surface area (TPSA) is 32.3 Å². The van der Waals surface area contributed by atoms with Gasteiger partial charge in [-0.2, -0.15) is 0 Å². The van der Waals surface area contributed by atoms with Gasteiger partial charge in [0.2, 0.25) is 5.91 Å². The number of rotatable bonds is 3. The van der Waals surface area contributed by atoms with Crippen molar-refractivity contribution in [3.8, 4) is 0 Å². The van der Waals surface area contributed by atoms with E-state index in [-0.39, 0.29) is 17.8 Å². The second kappa shape index (κ2) is 6.15. The Morgan fingerprint density at radius 1 is 1.47 bits per heavy atom. The summed E-state index contributed by atoms with van der Waals surface area (Å²) in [5, 5.41) is 2.98. The number of amides is 1. The Kier molecular flexibility index (Phi) is 4.53. The second-order valence-corrected chi connectivity index (χ2v) is 5.56. The van der Waals surface area contributed by atoms with E-state index in [0.29, 0.717) is 5.92 Å². The molecule has 1 aliphatic heterocycles. The normalized spacial score (nSPS) is 24.2. The van der Waals surface area contributed by atoms with Gasteiger partial charge in [0.1, 0.15) is 5.82 Å². The van der Waals surface area contributed by atoms with Gasteiger partial charge in [-0.15, -0.1) is 0 Å². The van der Waals surface area contributed by atoms with Gasteiger partial charge in [0.15, 0.2) is 0 Å². The van der Waals surface area contributed by atoms with E-state index < -0.39 is 0 Å². The molecule has 3 nitrogen and oxygen atoms in total. The van der Waals surface area contributed by atoms with Gasteiger partial charge < -0.3 is 5.32 Å². The minimum absolute atomic E-state index is 0.0183. The van der Waals surface area contributed by atoms with E-state index in [1.54, 1.807) is 19.1 Å². The molecule has 1 amide bonds. The van der Waals surface area contributed by atoms with Crippen molar-refractivity contribution in [1.82, 2.24) is 10.2 Å². The fourth-order valence-corrected chi connectivity index (χ4v) is 2.88. The lowest BCUT2D eigenvalue weighted by molar-refractivity contribution is -0.120. The predicted molar refractivity (Wildman–Crippen MR) is 73.1 cm³/mol. The van der Waals surface area contributed by atoms with Crippen LogP contribution in [0.3, 0.4) is 0 Å².